The van der Waals surface area contributed by atoms with Crippen LogP contribution in [0.1, 0.15) is 42.5 Å². The molecule has 0 unspecified atom stereocenters. The standard InChI is InChI=1S/C13H16N3/c1-9(2)13-15-8-12(16-13)6-11-5-4-10(3)7-14-11/h4-9H,1-3H3,(H,15,16). The van der Waals surface area contributed by atoms with Crippen LogP contribution in [0.5, 0.6) is 0 Å². The number of aromatic amines is 1. The van der Waals surface area contributed by atoms with Gasteiger partial charge in [-0.15, -0.1) is 0 Å². The number of hydrogen-bond acceptors (Lipinski definition) is 2. The molecule has 0 atom stereocenters. The van der Waals surface area contributed by atoms with Crippen molar-refractivity contribution in [3.05, 3.63) is 53.7 Å². The van der Waals surface area contributed by atoms with Gasteiger partial charge in [0.15, 0.2) is 0 Å². The molecule has 2 heterocycles. The fourth-order valence-corrected chi connectivity index (χ4v) is 1.44. The van der Waals surface area contributed by atoms with E-state index in [1.165, 1.54) is 5.56 Å². The molecular weight excluding hydrogens is 198 g/mol. The van der Waals surface area contributed by atoms with Gasteiger partial charge < -0.3 is 4.98 Å². The number of H-pyrrole nitrogens is 1. The Morgan fingerprint density at radius 1 is 1.19 bits per heavy atom. The zero-order chi connectivity index (χ0) is 11.5. The molecule has 0 amide bonds. The molecule has 0 bridgehead atoms. The van der Waals surface area contributed by atoms with Gasteiger partial charge in [-0.3, -0.25) is 4.98 Å². The first-order valence-electron chi connectivity index (χ1n) is 5.47. The number of rotatable bonds is 3. The van der Waals surface area contributed by atoms with Crippen molar-refractivity contribution in [2.24, 2.45) is 0 Å². The van der Waals surface area contributed by atoms with Crippen molar-refractivity contribution in [2.75, 3.05) is 0 Å². The van der Waals surface area contributed by atoms with E-state index in [-0.39, 0.29) is 0 Å². The highest BCUT2D eigenvalue weighted by atomic mass is 14.9. The summed E-state index contributed by atoms with van der Waals surface area (Å²) in [5.41, 5.74) is 3.12. The molecule has 0 aliphatic heterocycles. The zero-order valence-electron chi connectivity index (χ0n) is 9.86. The van der Waals surface area contributed by atoms with Gasteiger partial charge in [0.2, 0.25) is 0 Å². The third-order valence-electron chi connectivity index (χ3n) is 2.40. The molecule has 2 rings (SSSR count). The first-order valence-corrected chi connectivity index (χ1v) is 5.47. The van der Waals surface area contributed by atoms with Crippen LogP contribution >= 0.6 is 0 Å². The normalized spacial score (nSPS) is 11.0. The molecule has 2 aromatic heterocycles. The number of hydrogen-bond donors (Lipinski definition) is 1. The summed E-state index contributed by atoms with van der Waals surface area (Å²) >= 11 is 0. The zero-order valence-corrected chi connectivity index (χ0v) is 9.86. The Bertz CT molecular complexity index is 454. The predicted octanol–water partition coefficient (Wildman–Crippen LogP) is 2.84. The Labute approximate surface area is 96.0 Å². The van der Waals surface area contributed by atoms with Crippen LogP contribution in [0.3, 0.4) is 0 Å². The van der Waals surface area contributed by atoms with Gasteiger partial charge in [-0.25, -0.2) is 4.98 Å². The maximum atomic E-state index is 4.32. The molecule has 1 radical (unpaired) electrons. The molecule has 0 aromatic carbocycles. The van der Waals surface area contributed by atoms with E-state index in [1.807, 2.05) is 31.8 Å². The van der Waals surface area contributed by atoms with Gasteiger partial charge in [0, 0.05) is 24.0 Å². The molecule has 3 heteroatoms. The number of imidazole rings is 1. The second-order valence-electron chi connectivity index (χ2n) is 4.28. The van der Waals surface area contributed by atoms with Gasteiger partial charge >= 0.3 is 0 Å². The first kappa shape index (κ1) is 10.9. The van der Waals surface area contributed by atoms with Crippen molar-refractivity contribution >= 4 is 0 Å². The van der Waals surface area contributed by atoms with E-state index in [1.54, 1.807) is 0 Å². The van der Waals surface area contributed by atoms with E-state index in [2.05, 4.69) is 34.9 Å². The van der Waals surface area contributed by atoms with E-state index >= 15 is 0 Å². The molecule has 0 fully saturated rings. The lowest BCUT2D eigenvalue weighted by Crippen LogP contribution is -1.92. The Kier molecular flexibility index (Phi) is 3.04. The van der Waals surface area contributed by atoms with Crippen LogP contribution in [-0.2, 0) is 0 Å². The van der Waals surface area contributed by atoms with E-state index < -0.39 is 0 Å². The van der Waals surface area contributed by atoms with Crippen molar-refractivity contribution < 1.29 is 0 Å². The fourth-order valence-electron chi connectivity index (χ4n) is 1.44. The second-order valence-corrected chi connectivity index (χ2v) is 4.28. The smallest absolute Gasteiger partial charge is 0.108 e. The van der Waals surface area contributed by atoms with Crippen LogP contribution < -0.4 is 0 Å². The van der Waals surface area contributed by atoms with Crippen molar-refractivity contribution in [3.63, 3.8) is 0 Å². The molecular formula is C13H16N3. The van der Waals surface area contributed by atoms with Crippen molar-refractivity contribution in [2.45, 2.75) is 26.7 Å². The quantitative estimate of drug-likeness (QED) is 0.853. The maximum absolute atomic E-state index is 4.32. The lowest BCUT2D eigenvalue weighted by Gasteiger charge is -1.99. The maximum Gasteiger partial charge on any atom is 0.108 e. The van der Waals surface area contributed by atoms with Crippen LogP contribution in [0.4, 0.5) is 0 Å². The molecule has 0 aliphatic carbocycles. The van der Waals surface area contributed by atoms with Gasteiger partial charge in [-0.1, -0.05) is 19.9 Å². The van der Waals surface area contributed by atoms with Crippen molar-refractivity contribution in [3.8, 4) is 0 Å². The Morgan fingerprint density at radius 3 is 2.56 bits per heavy atom. The average molecular weight is 214 g/mol. The molecule has 83 valence electrons. The predicted molar refractivity (Wildman–Crippen MR) is 64.2 cm³/mol. The number of aromatic nitrogens is 3. The van der Waals surface area contributed by atoms with Crippen LogP contribution in [0, 0.1) is 13.3 Å². The topological polar surface area (TPSA) is 41.6 Å². The molecule has 2 aromatic rings. The van der Waals surface area contributed by atoms with Gasteiger partial charge in [0.05, 0.1) is 12.1 Å². The number of nitrogens with zero attached hydrogens (tertiary/aromatic N) is 2. The summed E-state index contributed by atoms with van der Waals surface area (Å²) in [6.45, 7) is 6.27. The Morgan fingerprint density at radius 2 is 2.00 bits per heavy atom. The summed E-state index contributed by atoms with van der Waals surface area (Å²) in [4.78, 5) is 11.9. The second kappa shape index (κ2) is 4.47. The van der Waals surface area contributed by atoms with Crippen LogP contribution in [0.15, 0.2) is 24.5 Å². The molecule has 16 heavy (non-hydrogen) atoms. The van der Waals surface area contributed by atoms with Gasteiger partial charge in [0.25, 0.3) is 0 Å². The van der Waals surface area contributed by atoms with Crippen LogP contribution in [-0.4, -0.2) is 15.0 Å². The van der Waals surface area contributed by atoms with E-state index in [9.17, 15) is 0 Å². The molecule has 0 saturated carbocycles. The third kappa shape index (κ3) is 2.48. The lowest BCUT2D eigenvalue weighted by molar-refractivity contribution is 0.792. The lowest BCUT2D eigenvalue weighted by atomic mass is 10.2. The molecule has 0 spiro atoms. The highest BCUT2D eigenvalue weighted by molar-refractivity contribution is 5.28. The Hall–Kier alpha value is -1.64. The monoisotopic (exact) mass is 214 g/mol. The van der Waals surface area contributed by atoms with Crippen LogP contribution in [0.25, 0.3) is 0 Å². The summed E-state index contributed by atoms with van der Waals surface area (Å²) in [5.74, 6) is 1.44. The number of pyridine rings is 1. The summed E-state index contributed by atoms with van der Waals surface area (Å²) in [7, 11) is 0. The largest absolute Gasteiger partial charge is 0.345 e. The van der Waals surface area contributed by atoms with Crippen LogP contribution in [0.2, 0.25) is 0 Å². The Balaban J connectivity index is 2.11. The van der Waals surface area contributed by atoms with Gasteiger partial charge in [-0.2, -0.15) is 0 Å². The van der Waals surface area contributed by atoms with Gasteiger partial charge in [0.1, 0.15) is 5.82 Å². The molecule has 0 saturated heterocycles. The minimum Gasteiger partial charge on any atom is -0.345 e. The fraction of sp³-hybridized carbons (Fsp3) is 0.308. The highest BCUT2D eigenvalue weighted by Crippen LogP contribution is 2.13. The van der Waals surface area contributed by atoms with E-state index in [0.29, 0.717) is 5.92 Å². The number of aryl methyl sites for hydroxylation is 1. The molecule has 1 N–H and O–H groups in total. The van der Waals surface area contributed by atoms with E-state index in [4.69, 9.17) is 0 Å². The third-order valence-corrected chi connectivity index (χ3v) is 2.40. The summed E-state index contributed by atoms with van der Waals surface area (Å²) in [5, 5.41) is 0. The summed E-state index contributed by atoms with van der Waals surface area (Å²) in [6.07, 6.45) is 5.71. The average Bonchev–Trinajstić information content (AvgIpc) is 2.70. The minimum atomic E-state index is 0.424. The highest BCUT2D eigenvalue weighted by Gasteiger charge is 2.05. The summed E-state index contributed by atoms with van der Waals surface area (Å²) in [6, 6.07) is 4.06. The molecule has 3 nitrogen and oxygen atoms in total. The van der Waals surface area contributed by atoms with E-state index in [0.717, 1.165) is 17.2 Å². The summed E-state index contributed by atoms with van der Waals surface area (Å²) < 4.78 is 0. The van der Waals surface area contributed by atoms with Crippen molar-refractivity contribution in [1.82, 2.24) is 15.0 Å². The minimum absolute atomic E-state index is 0.424. The van der Waals surface area contributed by atoms with Gasteiger partial charge in [-0.05, 0) is 18.6 Å². The first-order chi connectivity index (χ1) is 7.65. The molecule has 0 aliphatic rings. The SMILES string of the molecule is Cc1ccc([CH]c2cnc(C(C)C)[nH]2)nc1. The van der Waals surface area contributed by atoms with Crippen molar-refractivity contribution in [1.29, 1.82) is 0 Å². The number of nitrogens with one attached hydrogen (secondary N) is 1.